The van der Waals surface area contributed by atoms with Gasteiger partial charge in [-0.25, -0.2) is 0 Å². The van der Waals surface area contributed by atoms with Gasteiger partial charge in [-0.05, 0) is 41.9 Å². The summed E-state index contributed by atoms with van der Waals surface area (Å²) in [5.74, 6) is -0.747. The third-order valence-corrected chi connectivity index (χ3v) is 7.12. The minimum atomic E-state index is -0.559. The molecule has 148 valence electrons. The van der Waals surface area contributed by atoms with E-state index >= 15 is 0 Å². The van der Waals surface area contributed by atoms with Crippen molar-refractivity contribution in [1.29, 1.82) is 0 Å². The lowest BCUT2D eigenvalue weighted by Crippen LogP contribution is -2.52. The maximum absolute atomic E-state index is 12.8. The molecular weight excluding hydrogens is 356 g/mol. The zero-order chi connectivity index (χ0) is 19.5. The fourth-order valence-electron chi connectivity index (χ4n) is 5.36. The van der Waals surface area contributed by atoms with E-state index in [2.05, 4.69) is 16.3 Å². The highest BCUT2D eigenvalue weighted by atomic mass is 16.2. The van der Waals surface area contributed by atoms with Gasteiger partial charge in [0.05, 0.1) is 0 Å². The Bertz CT molecular complexity index is 863. The number of imide groups is 1. The Morgan fingerprint density at radius 3 is 2.71 bits per heavy atom. The van der Waals surface area contributed by atoms with Crippen LogP contribution in [0.3, 0.4) is 0 Å². The zero-order valence-electron chi connectivity index (χ0n) is 15.9. The van der Waals surface area contributed by atoms with Crippen molar-refractivity contribution in [3.05, 3.63) is 34.9 Å². The smallest absolute Gasteiger partial charge is 0.255 e. The molecule has 3 heterocycles. The number of likely N-dealkylation sites (tertiary alicyclic amines) is 1. The highest BCUT2D eigenvalue weighted by Crippen LogP contribution is 2.47. The molecule has 2 atom stereocenters. The van der Waals surface area contributed by atoms with Crippen molar-refractivity contribution in [2.45, 2.75) is 57.3 Å². The maximum atomic E-state index is 12.8. The molecule has 1 aliphatic carbocycles. The van der Waals surface area contributed by atoms with Crippen molar-refractivity contribution in [1.82, 2.24) is 15.1 Å². The normalized spacial score (nSPS) is 29.2. The van der Waals surface area contributed by atoms with E-state index in [1.807, 2.05) is 12.1 Å². The number of nitrogens with one attached hydrogen (secondary N) is 1. The zero-order valence-corrected chi connectivity index (χ0v) is 15.9. The molecule has 2 unspecified atom stereocenters. The Morgan fingerprint density at radius 2 is 2.04 bits per heavy atom. The number of piperidine rings is 1. The van der Waals surface area contributed by atoms with Crippen molar-refractivity contribution in [3.8, 4) is 0 Å². The second-order valence-corrected chi connectivity index (χ2v) is 8.88. The standard InChI is InChI=1S/C21H26N4O3/c22-17-11-24(12-21(17)6-1-7-21)9-13-2-3-15-14(8-13)10-25(20(15)28)16-4-5-18(26)23-19(16)27/h2-3,8,16-17H,1,4-7,9-12,22H2,(H,23,26,27). The van der Waals surface area contributed by atoms with E-state index in [1.165, 1.54) is 24.8 Å². The molecule has 1 aromatic carbocycles. The molecule has 7 nitrogen and oxygen atoms in total. The molecule has 2 saturated heterocycles. The van der Waals surface area contributed by atoms with Gasteiger partial charge >= 0.3 is 0 Å². The van der Waals surface area contributed by atoms with Crippen LogP contribution in [0.15, 0.2) is 18.2 Å². The second kappa shape index (κ2) is 6.39. The Labute approximate surface area is 164 Å². The molecule has 1 saturated carbocycles. The number of benzene rings is 1. The van der Waals surface area contributed by atoms with Gasteiger partial charge in [0.25, 0.3) is 5.91 Å². The van der Waals surface area contributed by atoms with Crippen LogP contribution in [0, 0.1) is 5.41 Å². The van der Waals surface area contributed by atoms with Gasteiger partial charge in [0.1, 0.15) is 6.04 Å². The lowest BCUT2D eigenvalue weighted by Gasteiger charge is -2.41. The largest absolute Gasteiger partial charge is 0.326 e. The fourth-order valence-corrected chi connectivity index (χ4v) is 5.36. The monoisotopic (exact) mass is 382 g/mol. The van der Waals surface area contributed by atoms with Crippen LogP contribution in [-0.4, -0.2) is 52.7 Å². The van der Waals surface area contributed by atoms with Crippen LogP contribution in [0.25, 0.3) is 0 Å². The van der Waals surface area contributed by atoms with Crippen molar-refractivity contribution in [2.24, 2.45) is 11.1 Å². The van der Waals surface area contributed by atoms with Crippen molar-refractivity contribution in [3.63, 3.8) is 0 Å². The summed E-state index contributed by atoms with van der Waals surface area (Å²) in [4.78, 5) is 40.4. The summed E-state index contributed by atoms with van der Waals surface area (Å²) < 4.78 is 0. The highest BCUT2D eigenvalue weighted by molar-refractivity contribution is 6.05. The van der Waals surface area contributed by atoms with E-state index in [9.17, 15) is 14.4 Å². The summed E-state index contributed by atoms with van der Waals surface area (Å²) >= 11 is 0. The second-order valence-electron chi connectivity index (χ2n) is 8.88. The summed E-state index contributed by atoms with van der Waals surface area (Å²) in [5.41, 5.74) is 9.54. The van der Waals surface area contributed by atoms with Gasteiger partial charge in [0, 0.05) is 44.2 Å². The van der Waals surface area contributed by atoms with Gasteiger partial charge in [0.2, 0.25) is 11.8 Å². The summed E-state index contributed by atoms with van der Waals surface area (Å²) in [5, 5.41) is 2.35. The van der Waals surface area contributed by atoms with Gasteiger partial charge in [-0.3, -0.25) is 24.6 Å². The fraction of sp³-hybridized carbons (Fsp3) is 0.571. The van der Waals surface area contributed by atoms with E-state index in [1.54, 1.807) is 4.90 Å². The number of carbonyl (C=O) groups is 3. The summed E-state index contributed by atoms with van der Waals surface area (Å²) in [6, 6.07) is 5.70. The number of hydrogen-bond donors (Lipinski definition) is 2. The topological polar surface area (TPSA) is 95.7 Å². The Balaban J connectivity index is 1.29. The van der Waals surface area contributed by atoms with Crippen LogP contribution in [0.4, 0.5) is 0 Å². The van der Waals surface area contributed by atoms with Crippen molar-refractivity contribution in [2.75, 3.05) is 13.1 Å². The lowest BCUT2D eigenvalue weighted by molar-refractivity contribution is -0.136. The summed E-state index contributed by atoms with van der Waals surface area (Å²) in [6.07, 6.45) is 4.44. The first-order chi connectivity index (χ1) is 13.4. The SMILES string of the molecule is NC1CN(Cc2ccc3c(c2)CN(C2CCC(=O)NC2=O)C3=O)CC12CCC2. The van der Waals surface area contributed by atoms with E-state index in [0.717, 1.165) is 25.2 Å². The molecule has 3 amide bonds. The van der Waals surface area contributed by atoms with E-state index in [0.29, 0.717) is 23.9 Å². The van der Waals surface area contributed by atoms with Crippen molar-refractivity contribution < 1.29 is 14.4 Å². The molecular formula is C21H26N4O3. The predicted molar refractivity (Wildman–Crippen MR) is 102 cm³/mol. The summed E-state index contributed by atoms with van der Waals surface area (Å²) in [7, 11) is 0. The molecule has 3 aliphatic heterocycles. The third-order valence-electron chi connectivity index (χ3n) is 7.12. The van der Waals surface area contributed by atoms with Crippen LogP contribution in [0.1, 0.15) is 53.6 Å². The molecule has 1 spiro atoms. The first kappa shape index (κ1) is 17.8. The molecule has 28 heavy (non-hydrogen) atoms. The Hall–Kier alpha value is -2.25. The number of nitrogens with zero attached hydrogens (tertiary/aromatic N) is 2. The highest BCUT2D eigenvalue weighted by Gasteiger charge is 2.48. The lowest BCUT2D eigenvalue weighted by atomic mass is 9.66. The molecule has 0 bridgehead atoms. The number of nitrogens with two attached hydrogens (primary N) is 1. The van der Waals surface area contributed by atoms with E-state index < -0.39 is 6.04 Å². The number of amides is 3. The van der Waals surface area contributed by atoms with Gasteiger partial charge in [0.15, 0.2) is 0 Å². The molecule has 0 aromatic heterocycles. The Kier molecular flexibility index (Phi) is 4.07. The minimum Gasteiger partial charge on any atom is -0.326 e. The van der Waals surface area contributed by atoms with Gasteiger partial charge in [-0.15, -0.1) is 0 Å². The average Bonchev–Trinajstić information content (AvgIpc) is 3.12. The van der Waals surface area contributed by atoms with E-state index in [4.69, 9.17) is 5.73 Å². The quantitative estimate of drug-likeness (QED) is 0.753. The van der Waals surface area contributed by atoms with Crippen LogP contribution >= 0.6 is 0 Å². The van der Waals surface area contributed by atoms with Gasteiger partial charge in [-0.2, -0.15) is 0 Å². The first-order valence-electron chi connectivity index (χ1n) is 10.2. The number of fused-ring (bicyclic) bond motifs is 1. The molecule has 0 radical (unpaired) electrons. The number of carbonyl (C=O) groups excluding carboxylic acids is 3. The summed E-state index contributed by atoms with van der Waals surface area (Å²) in [6.45, 7) is 3.26. The van der Waals surface area contributed by atoms with E-state index in [-0.39, 0.29) is 30.2 Å². The number of rotatable bonds is 3. The van der Waals surface area contributed by atoms with Crippen LogP contribution in [-0.2, 0) is 22.7 Å². The predicted octanol–water partition coefficient (Wildman–Crippen LogP) is 0.761. The third kappa shape index (κ3) is 2.76. The minimum absolute atomic E-state index is 0.118. The molecule has 1 aromatic rings. The van der Waals surface area contributed by atoms with Gasteiger partial charge in [-0.1, -0.05) is 18.6 Å². The molecule has 4 aliphatic rings. The number of hydrogen-bond acceptors (Lipinski definition) is 5. The molecule has 7 heteroatoms. The van der Waals surface area contributed by atoms with Crippen molar-refractivity contribution >= 4 is 17.7 Å². The van der Waals surface area contributed by atoms with Crippen LogP contribution in [0.5, 0.6) is 0 Å². The molecule has 3 N–H and O–H groups in total. The average molecular weight is 382 g/mol. The Morgan fingerprint density at radius 1 is 1.21 bits per heavy atom. The molecule has 5 rings (SSSR count). The van der Waals surface area contributed by atoms with Gasteiger partial charge < -0.3 is 10.6 Å². The van der Waals surface area contributed by atoms with Crippen LogP contribution in [0.2, 0.25) is 0 Å². The first-order valence-corrected chi connectivity index (χ1v) is 10.2. The molecule has 3 fully saturated rings. The van der Waals surface area contributed by atoms with Crippen LogP contribution < -0.4 is 11.1 Å². The maximum Gasteiger partial charge on any atom is 0.255 e.